The van der Waals surface area contributed by atoms with E-state index >= 15 is 0 Å². The summed E-state index contributed by atoms with van der Waals surface area (Å²) in [4.78, 5) is -0.125. The minimum absolute atomic E-state index is 0.0627. The fraction of sp³-hybridized carbons (Fsp3) is 0.538. The third kappa shape index (κ3) is 4.38. The molecule has 0 aromatic heterocycles. The van der Waals surface area contributed by atoms with Crippen molar-refractivity contribution in [3.05, 3.63) is 22.4 Å². The first kappa shape index (κ1) is 16.7. The van der Waals surface area contributed by atoms with E-state index in [1.165, 1.54) is 6.07 Å². The number of rotatable bonds is 5. The van der Waals surface area contributed by atoms with Crippen LogP contribution in [0, 0.1) is 5.82 Å². The SMILES string of the molecule is Nc1cc(F)c(Br)cc1S(=O)(=O)NCCC1CCCCO1. The van der Waals surface area contributed by atoms with Crippen LogP contribution in [0.4, 0.5) is 10.1 Å². The minimum atomic E-state index is -3.76. The molecule has 1 aliphatic heterocycles. The molecule has 1 aromatic carbocycles. The van der Waals surface area contributed by atoms with Crippen LogP contribution < -0.4 is 10.5 Å². The number of nitrogen functional groups attached to an aromatic ring is 1. The largest absolute Gasteiger partial charge is 0.398 e. The summed E-state index contributed by atoms with van der Waals surface area (Å²) in [7, 11) is -3.76. The summed E-state index contributed by atoms with van der Waals surface area (Å²) in [5.74, 6) is -0.595. The smallest absolute Gasteiger partial charge is 0.242 e. The van der Waals surface area contributed by atoms with E-state index in [0.717, 1.165) is 31.9 Å². The summed E-state index contributed by atoms with van der Waals surface area (Å²) < 4.78 is 45.7. The molecule has 1 heterocycles. The maximum absolute atomic E-state index is 13.3. The van der Waals surface area contributed by atoms with Crippen LogP contribution in [0.2, 0.25) is 0 Å². The van der Waals surface area contributed by atoms with Crippen molar-refractivity contribution in [3.63, 3.8) is 0 Å². The van der Waals surface area contributed by atoms with E-state index in [9.17, 15) is 12.8 Å². The summed E-state index contributed by atoms with van der Waals surface area (Å²) >= 11 is 2.96. The molecule has 8 heteroatoms. The Balaban J connectivity index is 1.99. The van der Waals surface area contributed by atoms with Gasteiger partial charge in [-0.3, -0.25) is 0 Å². The fourth-order valence-corrected chi connectivity index (χ4v) is 3.92. The first-order valence-electron chi connectivity index (χ1n) is 6.76. The van der Waals surface area contributed by atoms with Gasteiger partial charge in [0, 0.05) is 13.2 Å². The Kier molecular flexibility index (Phi) is 5.59. The van der Waals surface area contributed by atoms with E-state index in [1.54, 1.807) is 0 Å². The molecule has 1 fully saturated rings. The number of anilines is 1. The Morgan fingerprint density at radius 1 is 1.43 bits per heavy atom. The van der Waals surface area contributed by atoms with Gasteiger partial charge in [-0.1, -0.05) is 0 Å². The fourth-order valence-electron chi connectivity index (χ4n) is 2.24. The molecule has 21 heavy (non-hydrogen) atoms. The van der Waals surface area contributed by atoms with Gasteiger partial charge in [0.15, 0.2) is 0 Å². The normalized spacial score (nSPS) is 19.6. The van der Waals surface area contributed by atoms with E-state index in [-0.39, 0.29) is 27.7 Å². The van der Waals surface area contributed by atoms with Gasteiger partial charge in [0.25, 0.3) is 0 Å². The monoisotopic (exact) mass is 380 g/mol. The first-order valence-corrected chi connectivity index (χ1v) is 9.03. The summed E-state index contributed by atoms with van der Waals surface area (Å²) in [6, 6.07) is 2.16. The van der Waals surface area contributed by atoms with Gasteiger partial charge >= 0.3 is 0 Å². The molecule has 1 unspecified atom stereocenters. The van der Waals surface area contributed by atoms with Crippen LogP contribution in [0.1, 0.15) is 25.7 Å². The second-order valence-electron chi connectivity index (χ2n) is 4.98. The number of benzene rings is 1. The van der Waals surface area contributed by atoms with Gasteiger partial charge in [-0.15, -0.1) is 0 Å². The summed E-state index contributed by atoms with van der Waals surface area (Å²) in [5, 5.41) is 0. The van der Waals surface area contributed by atoms with Crippen LogP contribution in [-0.2, 0) is 14.8 Å². The Hall–Kier alpha value is -0.700. The summed E-state index contributed by atoms with van der Waals surface area (Å²) in [6.07, 6.45) is 3.82. The van der Waals surface area contributed by atoms with Crippen LogP contribution in [-0.4, -0.2) is 27.7 Å². The van der Waals surface area contributed by atoms with Crippen LogP contribution in [0.5, 0.6) is 0 Å². The number of hydrogen-bond acceptors (Lipinski definition) is 4. The van der Waals surface area contributed by atoms with E-state index < -0.39 is 15.8 Å². The predicted octanol–water partition coefficient (Wildman–Crippen LogP) is 2.41. The van der Waals surface area contributed by atoms with Crippen molar-refractivity contribution in [1.29, 1.82) is 0 Å². The highest BCUT2D eigenvalue weighted by atomic mass is 79.9. The van der Waals surface area contributed by atoms with Crippen molar-refractivity contribution in [1.82, 2.24) is 4.72 Å². The second kappa shape index (κ2) is 7.04. The molecule has 1 aromatic rings. The zero-order valence-corrected chi connectivity index (χ0v) is 13.8. The Morgan fingerprint density at radius 2 is 2.19 bits per heavy atom. The van der Waals surface area contributed by atoms with Gasteiger partial charge in [0.2, 0.25) is 10.0 Å². The number of nitrogens with one attached hydrogen (secondary N) is 1. The molecule has 1 atom stereocenters. The molecule has 0 saturated carbocycles. The van der Waals surface area contributed by atoms with Crippen LogP contribution in [0.3, 0.4) is 0 Å². The molecule has 0 spiro atoms. The lowest BCUT2D eigenvalue weighted by Gasteiger charge is -2.22. The number of halogens is 2. The van der Waals surface area contributed by atoms with Crippen molar-refractivity contribution in [2.24, 2.45) is 0 Å². The molecule has 5 nitrogen and oxygen atoms in total. The molecular formula is C13H18BrFN2O3S. The molecule has 3 N–H and O–H groups in total. The second-order valence-corrected chi connectivity index (χ2v) is 7.57. The molecule has 0 aliphatic carbocycles. The number of sulfonamides is 1. The lowest BCUT2D eigenvalue weighted by molar-refractivity contribution is 0.0123. The first-order chi connectivity index (χ1) is 9.90. The van der Waals surface area contributed by atoms with Gasteiger partial charge < -0.3 is 10.5 Å². The molecule has 118 valence electrons. The zero-order valence-electron chi connectivity index (χ0n) is 11.4. The molecule has 1 aliphatic rings. The number of ether oxygens (including phenoxy) is 1. The lowest BCUT2D eigenvalue weighted by Crippen LogP contribution is -2.30. The van der Waals surface area contributed by atoms with Crippen molar-refractivity contribution >= 4 is 31.6 Å². The van der Waals surface area contributed by atoms with Crippen LogP contribution >= 0.6 is 15.9 Å². The molecule has 0 radical (unpaired) electrons. The van der Waals surface area contributed by atoms with Crippen LogP contribution in [0.25, 0.3) is 0 Å². The van der Waals surface area contributed by atoms with Crippen molar-refractivity contribution in [3.8, 4) is 0 Å². The Morgan fingerprint density at radius 3 is 2.86 bits per heavy atom. The van der Waals surface area contributed by atoms with Gasteiger partial charge in [0.05, 0.1) is 16.3 Å². The topological polar surface area (TPSA) is 81.4 Å². The van der Waals surface area contributed by atoms with Crippen molar-refractivity contribution < 1.29 is 17.5 Å². The number of hydrogen-bond donors (Lipinski definition) is 2. The molecule has 1 saturated heterocycles. The maximum atomic E-state index is 13.3. The highest BCUT2D eigenvalue weighted by Crippen LogP contribution is 2.26. The van der Waals surface area contributed by atoms with Gasteiger partial charge in [-0.25, -0.2) is 17.5 Å². The average molecular weight is 381 g/mol. The molecule has 0 bridgehead atoms. The van der Waals surface area contributed by atoms with Crippen molar-refractivity contribution in [2.45, 2.75) is 36.7 Å². The number of nitrogens with two attached hydrogens (primary N) is 1. The standard InChI is InChI=1S/C13H18BrFN2O3S/c14-10-7-13(12(16)8-11(10)15)21(18,19)17-5-4-9-3-1-2-6-20-9/h7-9,17H,1-6,16H2. The summed E-state index contributed by atoms with van der Waals surface area (Å²) in [5.41, 5.74) is 5.47. The predicted molar refractivity (Wildman–Crippen MR) is 81.9 cm³/mol. The minimum Gasteiger partial charge on any atom is -0.398 e. The van der Waals surface area contributed by atoms with E-state index in [4.69, 9.17) is 10.5 Å². The average Bonchev–Trinajstić information content (AvgIpc) is 2.43. The third-order valence-electron chi connectivity index (χ3n) is 3.37. The zero-order chi connectivity index (χ0) is 15.5. The molecule has 2 rings (SSSR count). The molecular weight excluding hydrogens is 363 g/mol. The quantitative estimate of drug-likeness (QED) is 0.768. The van der Waals surface area contributed by atoms with Crippen LogP contribution in [0.15, 0.2) is 21.5 Å². The Bertz CT molecular complexity index is 604. The lowest BCUT2D eigenvalue weighted by atomic mass is 10.1. The van der Waals surface area contributed by atoms with E-state index in [2.05, 4.69) is 20.7 Å². The van der Waals surface area contributed by atoms with Crippen molar-refractivity contribution in [2.75, 3.05) is 18.9 Å². The summed E-state index contributed by atoms with van der Waals surface area (Å²) in [6.45, 7) is 0.997. The third-order valence-corrected chi connectivity index (χ3v) is 5.50. The van der Waals surface area contributed by atoms with Gasteiger partial charge in [-0.2, -0.15) is 0 Å². The van der Waals surface area contributed by atoms with Gasteiger partial charge in [-0.05, 0) is 53.7 Å². The Labute approximate surface area is 132 Å². The van der Waals surface area contributed by atoms with Gasteiger partial charge in [0.1, 0.15) is 10.7 Å². The van der Waals surface area contributed by atoms with E-state index in [0.29, 0.717) is 6.42 Å². The highest BCUT2D eigenvalue weighted by Gasteiger charge is 2.20. The highest BCUT2D eigenvalue weighted by molar-refractivity contribution is 9.10. The molecule has 0 amide bonds. The maximum Gasteiger partial charge on any atom is 0.242 e. The van der Waals surface area contributed by atoms with E-state index in [1.807, 2.05) is 0 Å².